The van der Waals surface area contributed by atoms with E-state index in [0.29, 0.717) is 12.3 Å². The van der Waals surface area contributed by atoms with Gasteiger partial charge in [0.1, 0.15) is 12.6 Å². The summed E-state index contributed by atoms with van der Waals surface area (Å²) < 4.78 is 10.6. The summed E-state index contributed by atoms with van der Waals surface area (Å²) in [5.41, 5.74) is 4.50. The van der Waals surface area contributed by atoms with Crippen LogP contribution in [0, 0.1) is 0 Å². The number of carboxylic acid groups (broad SMARTS) is 1. The third-order valence-corrected chi connectivity index (χ3v) is 6.28. The molecule has 2 aromatic rings. The molecule has 8 nitrogen and oxygen atoms in total. The van der Waals surface area contributed by atoms with Crippen molar-refractivity contribution in [2.24, 2.45) is 0 Å². The van der Waals surface area contributed by atoms with Gasteiger partial charge in [0, 0.05) is 38.4 Å². The Morgan fingerprint density at radius 2 is 1.70 bits per heavy atom. The molecule has 0 fully saturated rings. The van der Waals surface area contributed by atoms with E-state index in [1.54, 1.807) is 0 Å². The molecule has 176 valence electrons. The highest BCUT2D eigenvalue weighted by atomic mass is 32.2. The van der Waals surface area contributed by atoms with Crippen molar-refractivity contribution >= 4 is 29.7 Å². The van der Waals surface area contributed by atoms with Gasteiger partial charge in [0.15, 0.2) is 0 Å². The van der Waals surface area contributed by atoms with E-state index in [-0.39, 0.29) is 37.2 Å². The fourth-order valence-corrected chi connectivity index (χ4v) is 4.38. The van der Waals surface area contributed by atoms with Gasteiger partial charge in [-0.1, -0.05) is 48.5 Å². The zero-order valence-electron chi connectivity index (χ0n) is 18.4. The molecule has 2 aromatic carbocycles. The van der Waals surface area contributed by atoms with E-state index in [1.807, 2.05) is 36.4 Å². The Labute approximate surface area is 197 Å². The monoisotopic (exact) mass is 472 g/mol. The third kappa shape index (κ3) is 6.72. The second-order valence-electron chi connectivity index (χ2n) is 7.54. The highest BCUT2D eigenvalue weighted by Gasteiger charge is 2.29. The van der Waals surface area contributed by atoms with E-state index in [2.05, 4.69) is 22.8 Å². The molecule has 1 atom stereocenters. The number of hydrogen-bond acceptors (Lipinski definition) is 6. The molecule has 1 aliphatic rings. The molecule has 9 heteroatoms. The van der Waals surface area contributed by atoms with E-state index >= 15 is 0 Å². The van der Waals surface area contributed by atoms with E-state index in [0.717, 1.165) is 22.3 Å². The second kappa shape index (κ2) is 12.3. The topological polar surface area (TPSA) is 114 Å². The zero-order valence-corrected chi connectivity index (χ0v) is 19.2. The van der Waals surface area contributed by atoms with Gasteiger partial charge in [-0.25, -0.2) is 4.79 Å². The number of carbonyl (C=O) groups excluding carboxylic acids is 2. The number of thioether (sulfide) groups is 1. The SMILES string of the molecule is COCCC(NC(=O)OCC1c2ccccc2-c2ccccc21)C(=O)NCCSCC(=O)O. The number of carboxylic acids is 1. The Hall–Kier alpha value is -3.04. The van der Waals surface area contributed by atoms with Gasteiger partial charge in [0.25, 0.3) is 0 Å². The van der Waals surface area contributed by atoms with Crippen LogP contribution in [0.2, 0.25) is 0 Å². The molecule has 1 unspecified atom stereocenters. The molecule has 0 saturated carbocycles. The first-order chi connectivity index (χ1) is 16.0. The van der Waals surface area contributed by atoms with Gasteiger partial charge < -0.3 is 25.2 Å². The minimum atomic E-state index is -0.902. The largest absolute Gasteiger partial charge is 0.481 e. The van der Waals surface area contributed by atoms with Gasteiger partial charge in [0.2, 0.25) is 5.91 Å². The fraction of sp³-hybridized carbons (Fsp3) is 0.375. The number of nitrogens with one attached hydrogen (secondary N) is 2. The first kappa shape index (κ1) is 24.6. The number of benzene rings is 2. The van der Waals surface area contributed by atoms with E-state index in [9.17, 15) is 14.4 Å². The number of hydrogen-bond donors (Lipinski definition) is 3. The number of rotatable bonds is 12. The van der Waals surface area contributed by atoms with Crippen LogP contribution in [0.15, 0.2) is 48.5 Å². The smallest absolute Gasteiger partial charge is 0.407 e. The molecule has 0 bridgehead atoms. The van der Waals surface area contributed by atoms with Crippen molar-refractivity contribution < 1.29 is 29.0 Å². The predicted octanol–water partition coefficient (Wildman–Crippen LogP) is 2.86. The highest BCUT2D eigenvalue weighted by molar-refractivity contribution is 7.99. The van der Waals surface area contributed by atoms with Crippen LogP contribution in [-0.2, 0) is 19.1 Å². The molecule has 0 aromatic heterocycles. The van der Waals surface area contributed by atoms with Crippen LogP contribution in [0.5, 0.6) is 0 Å². The molecule has 33 heavy (non-hydrogen) atoms. The number of carbonyl (C=O) groups is 3. The lowest BCUT2D eigenvalue weighted by molar-refractivity contribution is -0.133. The summed E-state index contributed by atoms with van der Waals surface area (Å²) in [5, 5.41) is 14.0. The number of alkyl carbamates (subject to hydrolysis) is 1. The van der Waals surface area contributed by atoms with Gasteiger partial charge in [-0.2, -0.15) is 0 Å². The zero-order chi connectivity index (χ0) is 23.6. The molecule has 0 heterocycles. The van der Waals surface area contributed by atoms with Gasteiger partial charge in [-0.15, -0.1) is 11.8 Å². The summed E-state index contributed by atoms with van der Waals surface area (Å²) in [6, 6.07) is 15.3. The highest BCUT2D eigenvalue weighted by Crippen LogP contribution is 2.44. The molecule has 0 radical (unpaired) electrons. The quantitative estimate of drug-likeness (QED) is 0.407. The molecular formula is C24H28N2O6S. The first-order valence-corrected chi connectivity index (χ1v) is 11.8. The Kier molecular flexibility index (Phi) is 9.14. The average molecular weight is 473 g/mol. The van der Waals surface area contributed by atoms with Crippen molar-refractivity contribution in [2.75, 3.05) is 38.4 Å². The van der Waals surface area contributed by atoms with Gasteiger partial charge >= 0.3 is 12.1 Å². The number of aliphatic carboxylic acids is 1. The predicted molar refractivity (Wildman–Crippen MR) is 126 cm³/mol. The van der Waals surface area contributed by atoms with Crippen molar-refractivity contribution in [1.82, 2.24) is 10.6 Å². The Morgan fingerprint density at radius 1 is 1.06 bits per heavy atom. The standard InChI is InChI=1S/C24H28N2O6S/c1-31-12-10-21(23(29)25-11-13-33-15-22(27)28)26-24(30)32-14-20-18-8-4-2-6-16(18)17-7-3-5-9-19(17)20/h2-9,20-21H,10-15H2,1H3,(H,25,29)(H,26,30)(H,27,28). The van der Waals surface area contributed by atoms with Crippen LogP contribution in [0.1, 0.15) is 23.5 Å². The molecule has 2 amide bonds. The summed E-state index contributed by atoms with van der Waals surface area (Å²) in [6.07, 6.45) is -0.386. The average Bonchev–Trinajstić information content (AvgIpc) is 3.13. The maximum atomic E-state index is 12.5. The molecule has 3 N–H and O–H groups in total. The van der Waals surface area contributed by atoms with Crippen LogP contribution in [-0.4, -0.2) is 67.5 Å². The van der Waals surface area contributed by atoms with Gasteiger partial charge in [-0.3, -0.25) is 9.59 Å². The van der Waals surface area contributed by atoms with Crippen LogP contribution >= 0.6 is 11.8 Å². The summed E-state index contributed by atoms with van der Waals surface area (Å²) in [4.78, 5) is 35.6. The van der Waals surface area contributed by atoms with Gasteiger partial charge in [-0.05, 0) is 22.3 Å². The minimum Gasteiger partial charge on any atom is -0.481 e. The molecule has 1 aliphatic carbocycles. The Morgan fingerprint density at radius 3 is 2.30 bits per heavy atom. The summed E-state index contributed by atoms with van der Waals surface area (Å²) in [5.74, 6) is -0.903. The van der Waals surface area contributed by atoms with Crippen molar-refractivity contribution in [1.29, 1.82) is 0 Å². The van der Waals surface area contributed by atoms with Crippen molar-refractivity contribution in [3.05, 3.63) is 59.7 Å². The maximum Gasteiger partial charge on any atom is 0.407 e. The summed E-state index contributed by atoms with van der Waals surface area (Å²) in [6.45, 7) is 0.743. The van der Waals surface area contributed by atoms with Gasteiger partial charge in [0.05, 0.1) is 5.75 Å². The lowest BCUT2D eigenvalue weighted by Gasteiger charge is -2.19. The van der Waals surface area contributed by atoms with E-state index in [1.165, 1.54) is 18.9 Å². The van der Waals surface area contributed by atoms with E-state index < -0.39 is 18.1 Å². The molecule has 3 rings (SSSR count). The summed E-state index contributed by atoms with van der Waals surface area (Å²) >= 11 is 1.21. The number of methoxy groups -OCH3 is 1. The number of ether oxygens (including phenoxy) is 2. The lowest BCUT2D eigenvalue weighted by Crippen LogP contribution is -2.48. The number of amides is 2. The summed E-state index contributed by atoms with van der Waals surface area (Å²) in [7, 11) is 1.52. The molecule has 0 saturated heterocycles. The molecule has 0 aliphatic heterocycles. The lowest BCUT2D eigenvalue weighted by atomic mass is 9.98. The second-order valence-corrected chi connectivity index (χ2v) is 8.65. The molecular weight excluding hydrogens is 444 g/mol. The Balaban J connectivity index is 1.55. The minimum absolute atomic E-state index is 0.0268. The number of fused-ring (bicyclic) bond motifs is 3. The van der Waals surface area contributed by atoms with Crippen molar-refractivity contribution in [2.45, 2.75) is 18.4 Å². The van der Waals surface area contributed by atoms with E-state index in [4.69, 9.17) is 14.6 Å². The van der Waals surface area contributed by atoms with Crippen LogP contribution in [0.3, 0.4) is 0 Å². The van der Waals surface area contributed by atoms with Crippen molar-refractivity contribution in [3.8, 4) is 11.1 Å². The van der Waals surface area contributed by atoms with Crippen LogP contribution in [0.4, 0.5) is 4.79 Å². The van der Waals surface area contributed by atoms with Crippen LogP contribution < -0.4 is 10.6 Å². The third-order valence-electron chi connectivity index (χ3n) is 5.33. The first-order valence-electron chi connectivity index (χ1n) is 10.7. The normalized spacial score (nSPS) is 13.0. The van der Waals surface area contributed by atoms with Crippen LogP contribution in [0.25, 0.3) is 11.1 Å². The fourth-order valence-electron chi connectivity index (χ4n) is 3.82. The molecule has 0 spiro atoms. The Bertz CT molecular complexity index is 937. The maximum absolute atomic E-state index is 12.5. The van der Waals surface area contributed by atoms with Crippen molar-refractivity contribution in [3.63, 3.8) is 0 Å².